The third-order valence-corrected chi connectivity index (χ3v) is 2.86. The van der Waals surface area contributed by atoms with Crippen LogP contribution in [0.25, 0.3) is 0 Å². The lowest BCUT2D eigenvalue weighted by Crippen LogP contribution is -2.27. The summed E-state index contributed by atoms with van der Waals surface area (Å²) in [5.74, 6) is 0.728. The van der Waals surface area contributed by atoms with Gasteiger partial charge in [0.2, 0.25) is 0 Å². The summed E-state index contributed by atoms with van der Waals surface area (Å²) in [6.07, 6.45) is 5.97. The quantitative estimate of drug-likeness (QED) is 0.595. The Balaban J connectivity index is 3.46. The van der Waals surface area contributed by atoms with Crippen LogP contribution in [0.4, 0.5) is 0 Å². The fraction of sp³-hybridized carbons (Fsp3) is 1.00. The molecule has 2 N–H and O–H groups in total. The van der Waals surface area contributed by atoms with Crippen LogP contribution < -0.4 is 5.32 Å². The second-order valence-electron chi connectivity index (χ2n) is 6.05. The van der Waals surface area contributed by atoms with Crippen molar-refractivity contribution in [2.75, 3.05) is 19.7 Å². The topological polar surface area (TPSA) is 32.3 Å². The number of nitrogens with one attached hydrogen (secondary N) is 1. The smallest absolute Gasteiger partial charge is 0.0433 e. The standard InChI is InChI=1S/C14H31NO/c1-5-7-13(9-11-16)8-6-10-15-12-14(2,3)4/h13,15-16H,5-12H2,1-4H3/t13-/m0/s1. The Bertz CT molecular complexity index is 145. The second-order valence-corrected chi connectivity index (χ2v) is 6.05. The Morgan fingerprint density at radius 1 is 1.12 bits per heavy atom. The summed E-state index contributed by atoms with van der Waals surface area (Å²) in [5, 5.41) is 12.5. The molecule has 0 rings (SSSR count). The summed E-state index contributed by atoms with van der Waals surface area (Å²) in [6, 6.07) is 0. The molecule has 0 saturated carbocycles. The molecule has 0 saturated heterocycles. The summed E-state index contributed by atoms with van der Waals surface area (Å²) >= 11 is 0. The largest absolute Gasteiger partial charge is 0.396 e. The van der Waals surface area contributed by atoms with Gasteiger partial charge in [-0.05, 0) is 43.7 Å². The Hall–Kier alpha value is -0.0800. The molecule has 1 atom stereocenters. The van der Waals surface area contributed by atoms with E-state index in [0.717, 1.165) is 25.4 Å². The highest BCUT2D eigenvalue weighted by Gasteiger charge is 2.09. The van der Waals surface area contributed by atoms with Crippen molar-refractivity contribution in [1.29, 1.82) is 0 Å². The molecular formula is C14H31NO. The first kappa shape index (κ1) is 15.9. The van der Waals surface area contributed by atoms with Gasteiger partial charge >= 0.3 is 0 Å². The molecule has 0 heterocycles. The minimum atomic E-state index is 0.347. The molecule has 2 nitrogen and oxygen atoms in total. The number of aliphatic hydroxyl groups excluding tert-OH is 1. The van der Waals surface area contributed by atoms with Gasteiger partial charge in [-0.2, -0.15) is 0 Å². The average molecular weight is 229 g/mol. The first-order chi connectivity index (χ1) is 7.49. The van der Waals surface area contributed by atoms with Gasteiger partial charge in [0.1, 0.15) is 0 Å². The van der Waals surface area contributed by atoms with Gasteiger partial charge < -0.3 is 10.4 Å². The predicted octanol–water partition coefficient (Wildman–Crippen LogP) is 3.20. The van der Waals surface area contributed by atoms with Crippen LogP contribution in [0, 0.1) is 11.3 Å². The van der Waals surface area contributed by atoms with Gasteiger partial charge in [-0.15, -0.1) is 0 Å². The van der Waals surface area contributed by atoms with Crippen molar-refractivity contribution >= 4 is 0 Å². The van der Waals surface area contributed by atoms with Crippen LogP contribution in [0.15, 0.2) is 0 Å². The van der Waals surface area contributed by atoms with Crippen molar-refractivity contribution in [1.82, 2.24) is 5.32 Å². The summed E-state index contributed by atoms with van der Waals surface area (Å²) in [7, 11) is 0. The van der Waals surface area contributed by atoms with Gasteiger partial charge in [0.15, 0.2) is 0 Å². The Kier molecular flexibility index (Phi) is 8.96. The highest BCUT2D eigenvalue weighted by Crippen LogP contribution is 2.17. The van der Waals surface area contributed by atoms with E-state index >= 15 is 0 Å². The molecule has 0 amide bonds. The maximum Gasteiger partial charge on any atom is 0.0433 e. The van der Waals surface area contributed by atoms with E-state index in [1.54, 1.807) is 0 Å². The molecule has 98 valence electrons. The molecule has 0 aromatic carbocycles. The molecule has 0 aliphatic carbocycles. The number of rotatable bonds is 9. The minimum absolute atomic E-state index is 0.347. The van der Waals surface area contributed by atoms with Crippen molar-refractivity contribution < 1.29 is 5.11 Å². The Morgan fingerprint density at radius 3 is 2.31 bits per heavy atom. The van der Waals surface area contributed by atoms with E-state index in [9.17, 15) is 0 Å². The number of hydrogen-bond donors (Lipinski definition) is 2. The maximum atomic E-state index is 8.96. The van der Waals surface area contributed by atoms with Crippen molar-refractivity contribution in [2.45, 2.75) is 59.8 Å². The molecule has 2 heteroatoms. The normalized spacial score (nSPS) is 14.1. The van der Waals surface area contributed by atoms with E-state index in [4.69, 9.17) is 5.11 Å². The van der Waals surface area contributed by atoms with Crippen LogP contribution in [0.5, 0.6) is 0 Å². The fourth-order valence-electron chi connectivity index (χ4n) is 2.00. The van der Waals surface area contributed by atoms with E-state index in [0.29, 0.717) is 12.0 Å². The van der Waals surface area contributed by atoms with Gasteiger partial charge in [0, 0.05) is 6.61 Å². The molecule has 0 unspecified atom stereocenters. The molecule has 0 fully saturated rings. The van der Waals surface area contributed by atoms with Gasteiger partial charge in [-0.3, -0.25) is 0 Å². The highest BCUT2D eigenvalue weighted by atomic mass is 16.3. The molecule has 0 spiro atoms. The molecule has 16 heavy (non-hydrogen) atoms. The van der Waals surface area contributed by atoms with Crippen molar-refractivity contribution in [3.8, 4) is 0 Å². The summed E-state index contributed by atoms with van der Waals surface area (Å²) < 4.78 is 0. The Morgan fingerprint density at radius 2 is 1.81 bits per heavy atom. The fourth-order valence-corrected chi connectivity index (χ4v) is 2.00. The highest BCUT2D eigenvalue weighted by molar-refractivity contribution is 4.65. The lowest BCUT2D eigenvalue weighted by molar-refractivity contribution is 0.243. The third-order valence-electron chi connectivity index (χ3n) is 2.86. The SMILES string of the molecule is CCC[C@H](CCO)CCCNCC(C)(C)C. The molecule has 0 aromatic heterocycles. The summed E-state index contributed by atoms with van der Waals surface area (Å²) in [6.45, 7) is 11.5. The van der Waals surface area contributed by atoms with Gasteiger partial charge in [-0.1, -0.05) is 40.5 Å². The molecule has 0 aliphatic heterocycles. The van der Waals surface area contributed by atoms with E-state index in [1.807, 2.05) is 0 Å². The number of aliphatic hydroxyl groups is 1. The molecule has 0 bridgehead atoms. The molecule has 0 aliphatic rings. The van der Waals surface area contributed by atoms with Crippen LogP contribution in [0.3, 0.4) is 0 Å². The minimum Gasteiger partial charge on any atom is -0.396 e. The first-order valence-electron chi connectivity index (χ1n) is 6.81. The van der Waals surface area contributed by atoms with E-state index < -0.39 is 0 Å². The van der Waals surface area contributed by atoms with Crippen LogP contribution in [-0.2, 0) is 0 Å². The second kappa shape index (κ2) is 9.00. The first-order valence-corrected chi connectivity index (χ1v) is 6.81. The van der Waals surface area contributed by atoms with Crippen molar-refractivity contribution in [3.63, 3.8) is 0 Å². The molecule has 0 radical (unpaired) electrons. The molecule has 0 aromatic rings. The van der Waals surface area contributed by atoms with Crippen LogP contribution in [0.2, 0.25) is 0 Å². The van der Waals surface area contributed by atoms with Crippen molar-refractivity contribution in [2.24, 2.45) is 11.3 Å². The van der Waals surface area contributed by atoms with Gasteiger partial charge in [-0.25, -0.2) is 0 Å². The molecular weight excluding hydrogens is 198 g/mol. The van der Waals surface area contributed by atoms with Gasteiger partial charge in [0.25, 0.3) is 0 Å². The van der Waals surface area contributed by atoms with E-state index in [1.165, 1.54) is 25.7 Å². The predicted molar refractivity (Wildman–Crippen MR) is 71.7 cm³/mol. The number of hydrogen-bond acceptors (Lipinski definition) is 2. The van der Waals surface area contributed by atoms with Crippen LogP contribution in [0.1, 0.15) is 59.8 Å². The van der Waals surface area contributed by atoms with Crippen LogP contribution in [-0.4, -0.2) is 24.8 Å². The van der Waals surface area contributed by atoms with Gasteiger partial charge in [0.05, 0.1) is 0 Å². The van der Waals surface area contributed by atoms with Crippen LogP contribution >= 0.6 is 0 Å². The zero-order chi connectivity index (χ0) is 12.4. The Labute approximate surface area is 102 Å². The third kappa shape index (κ3) is 10.4. The lowest BCUT2D eigenvalue weighted by Gasteiger charge is -2.19. The monoisotopic (exact) mass is 229 g/mol. The van der Waals surface area contributed by atoms with E-state index in [2.05, 4.69) is 33.0 Å². The average Bonchev–Trinajstić information content (AvgIpc) is 2.16. The zero-order valence-electron chi connectivity index (χ0n) is 11.7. The van der Waals surface area contributed by atoms with Crippen molar-refractivity contribution in [3.05, 3.63) is 0 Å². The summed E-state index contributed by atoms with van der Waals surface area (Å²) in [4.78, 5) is 0. The van der Waals surface area contributed by atoms with E-state index in [-0.39, 0.29) is 0 Å². The maximum absolute atomic E-state index is 8.96. The summed E-state index contributed by atoms with van der Waals surface area (Å²) in [5.41, 5.74) is 0.383. The zero-order valence-corrected chi connectivity index (χ0v) is 11.7. The lowest BCUT2D eigenvalue weighted by atomic mass is 9.94.